The highest BCUT2D eigenvalue weighted by atomic mass is 16.2. The monoisotopic (exact) mass is 328 g/mol. The molecule has 0 radical (unpaired) electrons. The van der Waals surface area contributed by atoms with Crippen molar-refractivity contribution in [3.8, 4) is 0 Å². The van der Waals surface area contributed by atoms with E-state index >= 15 is 0 Å². The molecule has 132 valence electrons. The van der Waals surface area contributed by atoms with Crippen LogP contribution in [0.15, 0.2) is 43.0 Å². The number of carbonyl (C=O) groups excluding carboxylic acids is 1. The molecule has 0 heterocycles. The molecule has 1 aliphatic rings. The smallest absolute Gasteiger partial charge is 0.223 e. The van der Waals surface area contributed by atoms with Crippen molar-refractivity contribution in [1.29, 1.82) is 0 Å². The number of nitrogens with one attached hydrogen (secondary N) is 1. The van der Waals surface area contributed by atoms with Gasteiger partial charge in [0, 0.05) is 30.7 Å². The van der Waals surface area contributed by atoms with Crippen LogP contribution in [-0.4, -0.2) is 25.0 Å². The molecule has 3 nitrogen and oxygen atoms in total. The second-order valence-electron chi connectivity index (χ2n) is 8.13. The minimum atomic E-state index is -0.186. The average molecular weight is 329 g/mol. The largest absolute Gasteiger partial charge is 0.374 e. The van der Waals surface area contributed by atoms with Crippen LogP contribution in [0, 0.1) is 17.8 Å². The highest BCUT2D eigenvalue weighted by Crippen LogP contribution is 2.36. The first-order chi connectivity index (χ1) is 11.3. The molecule has 1 N–H and O–H groups in total. The van der Waals surface area contributed by atoms with Crippen LogP contribution in [0.1, 0.15) is 40.0 Å². The number of para-hydroxylation sites is 1. The molecule has 1 aromatic rings. The highest BCUT2D eigenvalue weighted by molar-refractivity contribution is 5.80. The number of allylic oxidation sites excluding steroid dienone is 1. The summed E-state index contributed by atoms with van der Waals surface area (Å²) < 4.78 is 0. The zero-order valence-electron chi connectivity index (χ0n) is 15.6. The number of nitrogens with zero attached hydrogens (tertiary/aromatic N) is 1. The van der Waals surface area contributed by atoms with Gasteiger partial charge < -0.3 is 10.2 Å². The van der Waals surface area contributed by atoms with E-state index in [4.69, 9.17) is 0 Å². The molecule has 1 aromatic carbocycles. The molecule has 1 amide bonds. The predicted octanol–water partition coefficient (Wildman–Crippen LogP) is 4.26. The lowest BCUT2D eigenvalue weighted by Crippen LogP contribution is -2.48. The maximum Gasteiger partial charge on any atom is 0.223 e. The van der Waals surface area contributed by atoms with Gasteiger partial charge in [0.1, 0.15) is 0 Å². The summed E-state index contributed by atoms with van der Waals surface area (Å²) in [6.07, 6.45) is 5.15. The summed E-state index contributed by atoms with van der Waals surface area (Å²) in [5.74, 6) is 1.10. The quantitative estimate of drug-likeness (QED) is 0.819. The number of benzene rings is 1. The molecule has 0 aliphatic heterocycles. The van der Waals surface area contributed by atoms with Crippen molar-refractivity contribution in [2.75, 3.05) is 18.5 Å². The van der Waals surface area contributed by atoms with E-state index in [0.29, 0.717) is 11.8 Å². The van der Waals surface area contributed by atoms with E-state index in [9.17, 15) is 4.79 Å². The van der Waals surface area contributed by atoms with E-state index in [1.165, 1.54) is 5.69 Å². The molecule has 0 aromatic heterocycles. The minimum Gasteiger partial charge on any atom is -0.374 e. The zero-order valence-corrected chi connectivity index (χ0v) is 15.6. The standard InChI is InChI=1S/C21H32N2O/c1-6-16-12-13-17(15-23(5)18-10-8-7-9-11-18)19(14-16)20(24)22-21(2,3)4/h6-11,16-17,19H,1,12-15H2,2-5H3,(H,22,24). The van der Waals surface area contributed by atoms with Crippen molar-refractivity contribution in [2.24, 2.45) is 17.8 Å². The zero-order chi connectivity index (χ0) is 17.7. The fourth-order valence-electron chi connectivity index (χ4n) is 3.62. The molecule has 3 heteroatoms. The molecule has 24 heavy (non-hydrogen) atoms. The summed E-state index contributed by atoms with van der Waals surface area (Å²) in [4.78, 5) is 15.1. The third-order valence-electron chi connectivity index (χ3n) is 4.91. The summed E-state index contributed by atoms with van der Waals surface area (Å²) in [6, 6.07) is 10.4. The molecular formula is C21H32N2O. The van der Waals surface area contributed by atoms with Gasteiger partial charge in [0.15, 0.2) is 0 Å². The van der Waals surface area contributed by atoms with Crippen LogP contribution in [0.5, 0.6) is 0 Å². The number of anilines is 1. The van der Waals surface area contributed by atoms with Crippen LogP contribution >= 0.6 is 0 Å². The van der Waals surface area contributed by atoms with Crippen molar-refractivity contribution >= 4 is 11.6 Å². The Morgan fingerprint density at radius 2 is 1.96 bits per heavy atom. The summed E-state index contributed by atoms with van der Waals surface area (Å²) in [6.45, 7) is 11.0. The molecule has 0 saturated heterocycles. The SMILES string of the molecule is C=CC1CCC(CN(C)c2ccccc2)C(C(=O)NC(C)(C)C)C1. The molecule has 1 fully saturated rings. The Labute approximate surface area is 147 Å². The first-order valence-corrected chi connectivity index (χ1v) is 9.01. The van der Waals surface area contributed by atoms with Crippen molar-refractivity contribution in [1.82, 2.24) is 5.32 Å². The maximum atomic E-state index is 12.8. The topological polar surface area (TPSA) is 32.3 Å². The lowest BCUT2D eigenvalue weighted by atomic mass is 9.73. The second kappa shape index (κ2) is 7.87. The van der Waals surface area contributed by atoms with Gasteiger partial charge in [0.05, 0.1) is 0 Å². The van der Waals surface area contributed by atoms with Gasteiger partial charge in [-0.05, 0) is 64.0 Å². The highest BCUT2D eigenvalue weighted by Gasteiger charge is 2.36. The Balaban J connectivity index is 2.10. The van der Waals surface area contributed by atoms with E-state index in [1.54, 1.807) is 0 Å². The van der Waals surface area contributed by atoms with E-state index < -0.39 is 0 Å². The van der Waals surface area contributed by atoms with Gasteiger partial charge in [0.2, 0.25) is 5.91 Å². The van der Waals surface area contributed by atoms with Gasteiger partial charge in [-0.3, -0.25) is 4.79 Å². The predicted molar refractivity (Wildman–Crippen MR) is 102 cm³/mol. The Bertz CT molecular complexity index is 547. The molecule has 3 atom stereocenters. The van der Waals surface area contributed by atoms with E-state index in [2.05, 4.69) is 48.1 Å². The van der Waals surface area contributed by atoms with Crippen LogP contribution in [0.3, 0.4) is 0 Å². The Morgan fingerprint density at radius 1 is 1.29 bits per heavy atom. The average Bonchev–Trinajstić information content (AvgIpc) is 2.54. The Kier molecular flexibility index (Phi) is 6.09. The van der Waals surface area contributed by atoms with Gasteiger partial charge >= 0.3 is 0 Å². The first kappa shape index (κ1) is 18.6. The van der Waals surface area contributed by atoms with Crippen molar-refractivity contribution < 1.29 is 4.79 Å². The first-order valence-electron chi connectivity index (χ1n) is 9.01. The number of rotatable bonds is 5. The van der Waals surface area contributed by atoms with Crippen LogP contribution in [0.2, 0.25) is 0 Å². The summed E-state index contributed by atoms with van der Waals surface area (Å²) in [5.41, 5.74) is 1.02. The fourth-order valence-corrected chi connectivity index (χ4v) is 3.62. The van der Waals surface area contributed by atoms with E-state index in [1.807, 2.05) is 32.9 Å². The molecule has 1 aliphatic carbocycles. The summed E-state index contributed by atoms with van der Waals surface area (Å²) >= 11 is 0. The van der Waals surface area contributed by atoms with E-state index in [0.717, 1.165) is 25.8 Å². The molecule has 2 rings (SSSR count). The summed E-state index contributed by atoms with van der Waals surface area (Å²) in [7, 11) is 2.12. The minimum absolute atomic E-state index is 0.0622. The Hall–Kier alpha value is -1.77. The molecule has 0 spiro atoms. The van der Waals surface area contributed by atoms with Gasteiger partial charge in [-0.1, -0.05) is 24.3 Å². The van der Waals surface area contributed by atoms with Crippen LogP contribution in [0.25, 0.3) is 0 Å². The lowest BCUT2D eigenvalue weighted by Gasteiger charge is -2.38. The normalized spacial score (nSPS) is 24.2. The second-order valence-corrected chi connectivity index (χ2v) is 8.13. The number of amides is 1. The Morgan fingerprint density at radius 3 is 2.54 bits per heavy atom. The van der Waals surface area contributed by atoms with Gasteiger partial charge in [0.25, 0.3) is 0 Å². The number of hydrogen-bond acceptors (Lipinski definition) is 2. The lowest BCUT2D eigenvalue weighted by molar-refractivity contribution is -0.129. The summed E-state index contributed by atoms with van der Waals surface area (Å²) in [5, 5.41) is 3.18. The van der Waals surface area contributed by atoms with Gasteiger partial charge in [-0.15, -0.1) is 6.58 Å². The van der Waals surface area contributed by atoms with Crippen molar-refractivity contribution in [2.45, 2.75) is 45.6 Å². The molecule has 3 unspecified atom stereocenters. The molecule has 0 bridgehead atoms. The number of carbonyl (C=O) groups is 1. The maximum absolute atomic E-state index is 12.8. The third-order valence-corrected chi connectivity index (χ3v) is 4.91. The van der Waals surface area contributed by atoms with Crippen LogP contribution < -0.4 is 10.2 Å². The molecule has 1 saturated carbocycles. The van der Waals surface area contributed by atoms with Crippen LogP contribution in [-0.2, 0) is 4.79 Å². The fraction of sp³-hybridized carbons (Fsp3) is 0.571. The van der Waals surface area contributed by atoms with Crippen LogP contribution in [0.4, 0.5) is 5.69 Å². The third kappa shape index (κ3) is 5.12. The van der Waals surface area contributed by atoms with E-state index in [-0.39, 0.29) is 17.4 Å². The van der Waals surface area contributed by atoms with Crippen molar-refractivity contribution in [3.63, 3.8) is 0 Å². The van der Waals surface area contributed by atoms with Gasteiger partial charge in [-0.2, -0.15) is 0 Å². The van der Waals surface area contributed by atoms with Crippen molar-refractivity contribution in [3.05, 3.63) is 43.0 Å². The number of hydrogen-bond donors (Lipinski definition) is 1. The molecular weight excluding hydrogens is 296 g/mol. The van der Waals surface area contributed by atoms with Gasteiger partial charge in [-0.25, -0.2) is 0 Å².